The normalized spacial score (nSPS) is 17.4. The van der Waals surface area contributed by atoms with Crippen LogP contribution < -0.4 is 10.6 Å². The Labute approximate surface area is 161 Å². The third-order valence-electron chi connectivity index (χ3n) is 4.31. The first-order chi connectivity index (χ1) is 13.2. The number of halogens is 3. The van der Waals surface area contributed by atoms with Crippen LogP contribution >= 0.6 is 0 Å². The fourth-order valence-electron chi connectivity index (χ4n) is 3.02. The highest BCUT2D eigenvalue weighted by molar-refractivity contribution is 5.94. The number of rotatable bonds is 7. The monoisotopic (exact) mass is 399 g/mol. The molecule has 0 unspecified atom stereocenters. The minimum Gasteiger partial charge on any atom is -0.463 e. The number of likely N-dealkylation sites (N-methyl/N-ethyl adjacent to an activating group) is 1. The highest BCUT2D eigenvalue weighted by Crippen LogP contribution is 2.29. The number of hydrogen-bond donors (Lipinski definition) is 2. The zero-order valence-corrected chi connectivity index (χ0v) is 16.0. The van der Waals surface area contributed by atoms with Crippen LogP contribution in [-0.4, -0.2) is 43.1 Å². The summed E-state index contributed by atoms with van der Waals surface area (Å²) >= 11 is 0. The molecule has 2 N–H and O–H groups in total. The fourth-order valence-corrected chi connectivity index (χ4v) is 3.02. The number of esters is 1. The summed E-state index contributed by atoms with van der Waals surface area (Å²) in [5.41, 5.74) is 0.774. The number of benzene rings is 1. The molecule has 154 valence electrons. The van der Waals surface area contributed by atoms with Crippen LogP contribution in [0.5, 0.6) is 0 Å². The Morgan fingerprint density at radius 2 is 1.82 bits per heavy atom. The molecule has 28 heavy (non-hydrogen) atoms. The van der Waals surface area contributed by atoms with E-state index < -0.39 is 29.8 Å². The van der Waals surface area contributed by atoms with Gasteiger partial charge in [-0.2, -0.15) is 13.2 Å². The van der Waals surface area contributed by atoms with Crippen molar-refractivity contribution < 1.29 is 27.5 Å². The Bertz CT molecular complexity index is 745. The predicted molar refractivity (Wildman–Crippen MR) is 97.2 cm³/mol. The molecule has 0 fully saturated rings. The lowest BCUT2D eigenvalue weighted by Gasteiger charge is -2.30. The lowest BCUT2D eigenvalue weighted by atomic mass is 10.00. The quantitative estimate of drug-likeness (QED) is 0.692. The molecule has 1 aliphatic rings. The van der Waals surface area contributed by atoms with Gasteiger partial charge in [0, 0.05) is 18.8 Å². The number of carbonyl (C=O) groups excluding carboxylic acids is 2. The molecular weight excluding hydrogens is 375 g/mol. The molecule has 2 rings (SSSR count). The lowest BCUT2D eigenvalue weighted by Crippen LogP contribution is -2.51. The summed E-state index contributed by atoms with van der Waals surface area (Å²) in [4.78, 5) is 26.1. The van der Waals surface area contributed by atoms with Crippen LogP contribution in [0.15, 0.2) is 35.5 Å². The second kappa shape index (κ2) is 9.09. The van der Waals surface area contributed by atoms with Gasteiger partial charge in [-0.15, -0.1) is 0 Å². The lowest BCUT2D eigenvalue weighted by molar-refractivity contribution is -0.139. The van der Waals surface area contributed by atoms with E-state index in [1.54, 1.807) is 18.9 Å². The average Bonchev–Trinajstić information content (AvgIpc) is 2.60. The topological polar surface area (TPSA) is 70.7 Å². The van der Waals surface area contributed by atoms with Crippen LogP contribution in [0, 0.1) is 0 Å². The van der Waals surface area contributed by atoms with Crippen molar-refractivity contribution in [2.24, 2.45) is 0 Å². The summed E-state index contributed by atoms with van der Waals surface area (Å²) in [5, 5.41) is 5.35. The Balaban J connectivity index is 2.17. The standard InChI is InChI=1S/C19H24F3N3O3/c1-4-14-16(17(26)28-5-2)15(24-18(27)23-14)11-25(3)10-12-6-8-13(9-7-12)19(20,21)22/h6-9,14H,4-5,10-11H2,1-3H3,(H2,23,24,27)/t14-/m1/s1. The van der Waals surface area contributed by atoms with E-state index in [0.29, 0.717) is 29.8 Å². The Morgan fingerprint density at radius 1 is 1.18 bits per heavy atom. The third kappa shape index (κ3) is 5.48. The first-order valence-electron chi connectivity index (χ1n) is 8.98. The van der Waals surface area contributed by atoms with Gasteiger partial charge in [-0.25, -0.2) is 9.59 Å². The van der Waals surface area contributed by atoms with Crippen molar-refractivity contribution in [1.29, 1.82) is 0 Å². The van der Waals surface area contributed by atoms with Crippen LogP contribution in [0.3, 0.4) is 0 Å². The second-order valence-electron chi connectivity index (χ2n) is 6.54. The van der Waals surface area contributed by atoms with Crippen LogP contribution in [0.2, 0.25) is 0 Å². The van der Waals surface area contributed by atoms with E-state index in [1.165, 1.54) is 12.1 Å². The molecule has 1 aromatic carbocycles. The van der Waals surface area contributed by atoms with Crippen molar-refractivity contribution >= 4 is 12.0 Å². The van der Waals surface area contributed by atoms with Crippen molar-refractivity contribution in [1.82, 2.24) is 15.5 Å². The van der Waals surface area contributed by atoms with Crippen molar-refractivity contribution in [3.63, 3.8) is 0 Å². The molecular formula is C19H24F3N3O3. The number of ether oxygens (including phenoxy) is 1. The molecule has 1 aliphatic heterocycles. The largest absolute Gasteiger partial charge is 0.463 e. The minimum atomic E-state index is -4.38. The third-order valence-corrected chi connectivity index (χ3v) is 4.31. The molecule has 9 heteroatoms. The maximum absolute atomic E-state index is 12.7. The van der Waals surface area contributed by atoms with Gasteiger partial charge < -0.3 is 15.4 Å². The van der Waals surface area contributed by atoms with E-state index in [0.717, 1.165) is 12.1 Å². The Kier molecular flexibility index (Phi) is 7.06. The summed E-state index contributed by atoms with van der Waals surface area (Å²) < 4.78 is 43.1. The summed E-state index contributed by atoms with van der Waals surface area (Å²) in [5.74, 6) is -0.500. The first kappa shape index (κ1) is 21.7. The average molecular weight is 399 g/mol. The molecule has 1 heterocycles. The molecule has 0 radical (unpaired) electrons. The summed E-state index contributed by atoms with van der Waals surface area (Å²) in [7, 11) is 1.75. The number of alkyl halides is 3. The van der Waals surface area contributed by atoms with Gasteiger partial charge in [0.1, 0.15) is 0 Å². The minimum absolute atomic E-state index is 0.210. The highest BCUT2D eigenvalue weighted by atomic mass is 19.4. The number of amides is 2. The SMILES string of the molecule is CCOC(=O)C1=C(CN(C)Cc2ccc(C(F)(F)F)cc2)NC(=O)N[C@@H]1CC. The number of hydrogen-bond acceptors (Lipinski definition) is 4. The molecule has 0 aliphatic carbocycles. The van der Waals surface area contributed by atoms with Gasteiger partial charge >= 0.3 is 18.2 Å². The van der Waals surface area contributed by atoms with Crippen molar-refractivity contribution in [3.8, 4) is 0 Å². The van der Waals surface area contributed by atoms with E-state index in [1.807, 2.05) is 6.92 Å². The molecule has 2 amide bonds. The van der Waals surface area contributed by atoms with Gasteiger partial charge in [0.05, 0.1) is 23.8 Å². The van der Waals surface area contributed by atoms with E-state index in [-0.39, 0.29) is 13.2 Å². The van der Waals surface area contributed by atoms with Gasteiger partial charge in [-0.05, 0) is 38.1 Å². The van der Waals surface area contributed by atoms with Crippen molar-refractivity contribution in [2.45, 2.75) is 39.0 Å². The number of nitrogens with zero attached hydrogens (tertiary/aromatic N) is 1. The Morgan fingerprint density at radius 3 is 2.36 bits per heavy atom. The van der Waals surface area contributed by atoms with Crippen LogP contribution in [0.25, 0.3) is 0 Å². The molecule has 0 saturated carbocycles. The molecule has 0 saturated heterocycles. The van der Waals surface area contributed by atoms with Crippen LogP contribution in [-0.2, 0) is 22.3 Å². The summed E-state index contributed by atoms with van der Waals surface area (Å²) in [6.07, 6.45) is -3.86. The molecule has 0 spiro atoms. The van der Waals surface area contributed by atoms with E-state index in [9.17, 15) is 22.8 Å². The van der Waals surface area contributed by atoms with Crippen molar-refractivity contribution in [2.75, 3.05) is 20.2 Å². The zero-order chi connectivity index (χ0) is 20.9. The van der Waals surface area contributed by atoms with Gasteiger partial charge in [0.25, 0.3) is 0 Å². The maximum Gasteiger partial charge on any atom is 0.416 e. The van der Waals surface area contributed by atoms with Gasteiger partial charge in [-0.1, -0.05) is 19.1 Å². The number of urea groups is 1. The molecule has 6 nitrogen and oxygen atoms in total. The number of nitrogens with one attached hydrogen (secondary N) is 2. The van der Waals surface area contributed by atoms with Crippen LogP contribution in [0.1, 0.15) is 31.4 Å². The molecule has 0 aromatic heterocycles. The maximum atomic E-state index is 12.7. The molecule has 0 bridgehead atoms. The smallest absolute Gasteiger partial charge is 0.416 e. The van der Waals surface area contributed by atoms with Gasteiger partial charge in [0.2, 0.25) is 0 Å². The summed E-state index contributed by atoms with van der Waals surface area (Å²) in [6, 6.07) is 4.03. The fraction of sp³-hybridized carbons (Fsp3) is 0.474. The van der Waals surface area contributed by atoms with E-state index in [2.05, 4.69) is 10.6 Å². The number of carbonyl (C=O) groups is 2. The summed E-state index contributed by atoms with van der Waals surface area (Å²) in [6.45, 7) is 4.34. The Hall–Kier alpha value is -2.55. The zero-order valence-electron chi connectivity index (χ0n) is 16.0. The van der Waals surface area contributed by atoms with Gasteiger partial charge in [-0.3, -0.25) is 4.90 Å². The van der Waals surface area contributed by atoms with Crippen LogP contribution in [0.4, 0.5) is 18.0 Å². The van der Waals surface area contributed by atoms with Crippen molar-refractivity contribution in [3.05, 3.63) is 46.7 Å². The first-order valence-corrected chi connectivity index (χ1v) is 8.98. The molecule has 1 aromatic rings. The highest BCUT2D eigenvalue weighted by Gasteiger charge is 2.32. The predicted octanol–water partition coefficient (Wildman–Crippen LogP) is 3.05. The second-order valence-corrected chi connectivity index (χ2v) is 6.54. The van der Waals surface area contributed by atoms with E-state index >= 15 is 0 Å². The van der Waals surface area contributed by atoms with E-state index in [4.69, 9.17) is 4.74 Å². The molecule has 1 atom stereocenters. The van der Waals surface area contributed by atoms with Gasteiger partial charge in [0.15, 0.2) is 0 Å².